The molecule has 0 unspecified atom stereocenters. The smallest absolute Gasteiger partial charge is 0.262 e. The number of hydrogen-bond acceptors (Lipinski definition) is 5. The van der Waals surface area contributed by atoms with Gasteiger partial charge in [0.05, 0.1) is 23.3 Å². The number of ketones is 2. The molecule has 1 aromatic carbocycles. The number of amides is 2. The molecule has 0 saturated carbocycles. The Bertz CT molecular complexity index is 643. The van der Waals surface area contributed by atoms with Gasteiger partial charge in [0.15, 0.2) is 17.7 Å². The Morgan fingerprint density at radius 2 is 1.48 bits per heavy atom. The van der Waals surface area contributed by atoms with Crippen molar-refractivity contribution >= 4 is 23.4 Å². The summed E-state index contributed by atoms with van der Waals surface area (Å²) in [6, 6.07) is 6.58. The Hall–Kier alpha value is -2.34. The Balaban J connectivity index is 2.21. The Morgan fingerprint density at radius 1 is 1.04 bits per heavy atom. The first-order valence-corrected chi connectivity index (χ1v) is 7.27. The van der Waals surface area contributed by atoms with E-state index in [9.17, 15) is 19.2 Å². The van der Waals surface area contributed by atoms with Crippen molar-refractivity contribution in [2.75, 3.05) is 6.61 Å². The predicted octanol–water partition coefficient (Wildman–Crippen LogP) is 1.62. The molecule has 0 aliphatic carbocycles. The number of imide groups is 1. The molecule has 0 radical (unpaired) electrons. The summed E-state index contributed by atoms with van der Waals surface area (Å²) in [7, 11) is 0. The number of benzene rings is 1. The molecule has 122 valence electrons. The molecule has 23 heavy (non-hydrogen) atoms. The van der Waals surface area contributed by atoms with Gasteiger partial charge in [0.25, 0.3) is 11.8 Å². The molecule has 1 heterocycles. The largest absolute Gasteiger partial charge is 0.360 e. The van der Waals surface area contributed by atoms with Crippen LogP contribution in [0.25, 0.3) is 0 Å². The molecule has 2 rings (SSSR count). The highest BCUT2D eigenvalue weighted by Gasteiger charge is 2.44. The highest BCUT2D eigenvalue weighted by Crippen LogP contribution is 2.29. The second-order valence-corrected chi connectivity index (χ2v) is 6.22. The van der Waals surface area contributed by atoms with E-state index < -0.39 is 35.0 Å². The van der Waals surface area contributed by atoms with Crippen molar-refractivity contribution in [3.05, 3.63) is 35.4 Å². The van der Waals surface area contributed by atoms with Crippen LogP contribution in [0.3, 0.4) is 0 Å². The summed E-state index contributed by atoms with van der Waals surface area (Å²) in [5.41, 5.74) is -0.295. The van der Waals surface area contributed by atoms with Gasteiger partial charge in [-0.25, -0.2) is 0 Å². The van der Waals surface area contributed by atoms with Crippen molar-refractivity contribution in [2.45, 2.75) is 39.3 Å². The lowest BCUT2D eigenvalue weighted by atomic mass is 10.0. The Morgan fingerprint density at radius 3 is 1.87 bits per heavy atom. The van der Waals surface area contributed by atoms with Gasteiger partial charge in [-0.3, -0.25) is 24.1 Å². The molecule has 1 aromatic rings. The Kier molecular flexibility index (Phi) is 4.47. The van der Waals surface area contributed by atoms with E-state index in [1.807, 2.05) is 0 Å². The fraction of sp³-hybridized carbons (Fsp3) is 0.412. The maximum absolute atomic E-state index is 12.5. The van der Waals surface area contributed by atoms with Gasteiger partial charge in [0.2, 0.25) is 0 Å². The summed E-state index contributed by atoms with van der Waals surface area (Å²) >= 11 is 0. The minimum absolute atomic E-state index is 0.109. The van der Waals surface area contributed by atoms with Crippen molar-refractivity contribution in [3.8, 4) is 0 Å². The van der Waals surface area contributed by atoms with Crippen LogP contribution in [-0.2, 0) is 14.3 Å². The third-order valence-electron chi connectivity index (χ3n) is 3.74. The fourth-order valence-electron chi connectivity index (χ4n) is 2.61. The number of fused-ring (bicyclic) bond motifs is 1. The number of carbonyl (C=O) groups excluding carboxylic acids is 4. The summed E-state index contributed by atoms with van der Waals surface area (Å²) in [6.07, 6.45) is -1.18. The van der Waals surface area contributed by atoms with Crippen molar-refractivity contribution < 1.29 is 23.9 Å². The van der Waals surface area contributed by atoms with Crippen molar-refractivity contribution in [1.29, 1.82) is 0 Å². The van der Waals surface area contributed by atoms with Crippen molar-refractivity contribution in [3.63, 3.8) is 0 Å². The molecule has 0 atom stereocenters. The zero-order valence-corrected chi connectivity index (χ0v) is 13.6. The van der Waals surface area contributed by atoms with Crippen LogP contribution in [0.1, 0.15) is 48.4 Å². The van der Waals surface area contributed by atoms with Crippen LogP contribution in [0.2, 0.25) is 0 Å². The van der Waals surface area contributed by atoms with E-state index in [1.165, 1.54) is 13.8 Å². The summed E-state index contributed by atoms with van der Waals surface area (Å²) < 4.78 is 5.39. The first-order valence-electron chi connectivity index (χ1n) is 7.27. The number of hydrogen-bond donors (Lipinski definition) is 0. The quantitative estimate of drug-likeness (QED) is 0.588. The second-order valence-electron chi connectivity index (χ2n) is 6.22. The summed E-state index contributed by atoms with van der Waals surface area (Å²) in [5, 5.41) is 0. The molecule has 0 bridgehead atoms. The maximum atomic E-state index is 12.5. The Labute approximate surface area is 134 Å². The lowest BCUT2D eigenvalue weighted by molar-refractivity contribution is -0.142. The van der Waals surface area contributed by atoms with Crippen molar-refractivity contribution in [1.82, 2.24) is 4.90 Å². The van der Waals surface area contributed by atoms with E-state index in [-0.39, 0.29) is 6.61 Å². The molecule has 6 nitrogen and oxygen atoms in total. The predicted molar refractivity (Wildman–Crippen MR) is 82.1 cm³/mol. The number of nitrogens with zero attached hydrogens (tertiary/aromatic N) is 1. The standard InChI is InChI=1S/C17H19NO5/c1-10(19)14(11(2)20)23-9-17(3,4)18-15(21)12-7-5-6-8-13(12)16(18)22/h5-8,14H,9H2,1-4H3. The molecule has 0 N–H and O–H groups in total. The first kappa shape index (κ1) is 17.0. The third kappa shape index (κ3) is 3.07. The van der Waals surface area contributed by atoms with Crippen LogP contribution in [0.15, 0.2) is 24.3 Å². The van der Waals surface area contributed by atoms with E-state index in [0.29, 0.717) is 11.1 Å². The zero-order chi connectivity index (χ0) is 17.4. The average molecular weight is 317 g/mol. The molecular formula is C17H19NO5. The minimum atomic E-state index is -1.18. The molecule has 0 fully saturated rings. The van der Waals surface area contributed by atoms with Crippen molar-refractivity contribution in [2.24, 2.45) is 0 Å². The zero-order valence-electron chi connectivity index (χ0n) is 13.6. The fourth-order valence-corrected chi connectivity index (χ4v) is 2.61. The topological polar surface area (TPSA) is 80.8 Å². The number of carbonyl (C=O) groups is 4. The molecular weight excluding hydrogens is 298 g/mol. The van der Waals surface area contributed by atoms with Gasteiger partial charge < -0.3 is 4.74 Å². The molecule has 0 saturated heterocycles. The van der Waals surface area contributed by atoms with Crippen LogP contribution in [0.5, 0.6) is 0 Å². The van der Waals surface area contributed by atoms with Crippen LogP contribution >= 0.6 is 0 Å². The molecule has 6 heteroatoms. The van der Waals surface area contributed by atoms with Gasteiger partial charge in [-0.2, -0.15) is 0 Å². The summed E-state index contributed by atoms with van der Waals surface area (Å²) in [5.74, 6) is -1.62. The monoisotopic (exact) mass is 317 g/mol. The SMILES string of the molecule is CC(=O)C(OCC(C)(C)N1C(=O)c2ccccc2C1=O)C(C)=O. The lowest BCUT2D eigenvalue weighted by Crippen LogP contribution is -2.51. The average Bonchev–Trinajstić information content (AvgIpc) is 2.71. The van der Waals surface area contributed by atoms with Crippen LogP contribution in [0, 0.1) is 0 Å². The number of ether oxygens (including phenoxy) is 1. The van der Waals surface area contributed by atoms with Gasteiger partial charge >= 0.3 is 0 Å². The minimum Gasteiger partial charge on any atom is -0.360 e. The first-order chi connectivity index (χ1) is 10.7. The number of Topliss-reactive ketones (excluding diaryl/α,β-unsaturated/α-hetero) is 2. The van der Waals surface area contributed by atoms with Gasteiger partial charge in [-0.15, -0.1) is 0 Å². The summed E-state index contributed by atoms with van der Waals surface area (Å²) in [6.45, 7) is 5.74. The lowest BCUT2D eigenvalue weighted by Gasteiger charge is -2.34. The highest BCUT2D eigenvalue weighted by atomic mass is 16.5. The molecule has 2 amide bonds. The molecule has 0 spiro atoms. The maximum Gasteiger partial charge on any atom is 0.262 e. The van der Waals surface area contributed by atoms with Gasteiger partial charge in [-0.1, -0.05) is 12.1 Å². The van der Waals surface area contributed by atoms with Crippen LogP contribution < -0.4 is 0 Å². The second kappa shape index (κ2) is 6.04. The molecule has 1 aliphatic heterocycles. The summed E-state index contributed by atoms with van der Waals surface area (Å²) in [4.78, 5) is 49.0. The van der Waals surface area contributed by atoms with Gasteiger partial charge in [0.1, 0.15) is 0 Å². The normalized spacial score (nSPS) is 14.4. The molecule has 1 aliphatic rings. The highest BCUT2D eigenvalue weighted by molar-refractivity contribution is 6.21. The van der Waals surface area contributed by atoms with Gasteiger partial charge in [-0.05, 0) is 39.8 Å². The van der Waals surface area contributed by atoms with E-state index in [4.69, 9.17) is 4.74 Å². The van der Waals surface area contributed by atoms with E-state index in [0.717, 1.165) is 4.90 Å². The van der Waals surface area contributed by atoms with E-state index in [1.54, 1.807) is 38.1 Å². The van der Waals surface area contributed by atoms with E-state index in [2.05, 4.69) is 0 Å². The van der Waals surface area contributed by atoms with Gasteiger partial charge in [0, 0.05) is 0 Å². The molecule has 0 aromatic heterocycles. The third-order valence-corrected chi connectivity index (χ3v) is 3.74. The van der Waals surface area contributed by atoms with Crippen LogP contribution in [-0.4, -0.2) is 46.5 Å². The van der Waals surface area contributed by atoms with Crippen LogP contribution in [0.4, 0.5) is 0 Å². The van der Waals surface area contributed by atoms with E-state index >= 15 is 0 Å². The number of rotatable bonds is 6.